The molecule has 3 aliphatic heterocycles. The van der Waals surface area contributed by atoms with Crippen molar-refractivity contribution in [1.82, 2.24) is 9.80 Å². The Hall–Kier alpha value is -3.59. The Morgan fingerprint density at radius 1 is 0.970 bits per heavy atom. The number of hydrogen-bond acceptors (Lipinski definition) is 6. The van der Waals surface area contributed by atoms with Gasteiger partial charge in [0.1, 0.15) is 0 Å². The molecule has 172 valence electrons. The van der Waals surface area contributed by atoms with Crippen molar-refractivity contribution in [2.45, 2.75) is 6.42 Å². The minimum atomic E-state index is -0.463. The molecule has 3 aliphatic rings. The van der Waals surface area contributed by atoms with Gasteiger partial charge in [0, 0.05) is 62.1 Å². The third-order valence-electron chi connectivity index (χ3n) is 6.35. The van der Waals surface area contributed by atoms with E-state index in [1.54, 1.807) is 47.4 Å². The number of nitrogens with zero attached hydrogens (tertiary/aromatic N) is 3. The van der Waals surface area contributed by atoms with Crippen LogP contribution < -0.4 is 19.7 Å². The summed E-state index contributed by atoms with van der Waals surface area (Å²) in [6.07, 6.45) is 0.139. The fourth-order valence-corrected chi connectivity index (χ4v) is 4.32. The van der Waals surface area contributed by atoms with Crippen molar-refractivity contribution >= 4 is 29.1 Å². The third-order valence-corrected chi connectivity index (χ3v) is 6.35. The quantitative estimate of drug-likeness (QED) is 0.764. The van der Waals surface area contributed by atoms with Crippen molar-refractivity contribution in [1.29, 1.82) is 0 Å². The molecule has 33 heavy (non-hydrogen) atoms. The standard InChI is InChI=1S/C24H26N4O5/c1-26-8-10-27(11-9-26)24(31)16-2-4-18(5-3-16)25-23(30)17-12-22(29)28(14-17)19-6-7-20-21(13-19)33-15-32-20/h2-7,13,17H,8-12,14-15H2,1H3,(H,25,30). The Labute approximate surface area is 191 Å². The maximum Gasteiger partial charge on any atom is 0.253 e. The maximum absolute atomic E-state index is 12.8. The number of carbonyl (C=O) groups excluding carboxylic acids is 3. The van der Waals surface area contributed by atoms with Crippen LogP contribution in [0.15, 0.2) is 42.5 Å². The number of rotatable bonds is 4. The van der Waals surface area contributed by atoms with E-state index in [0.29, 0.717) is 48.1 Å². The van der Waals surface area contributed by atoms with Crippen molar-refractivity contribution in [3.8, 4) is 11.5 Å². The summed E-state index contributed by atoms with van der Waals surface area (Å²) in [5, 5.41) is 2.88. The predicted octanol–water partition coefficient (Wildman–Crippen LogP) is 1.79. The van der Waals surface area contributed by atoms with Crippen LogP contribution in [0.2, 0.25) is 0 Å². The van der Waals surface area contributed by atoms with Gasteiger partial charge in [-0.15, -0.1) is 0 Å². The van der Waals surface area contributed by atoms with Crippen LogP contribution in [0.5, 0.6) is 11.5 Å². The number of nitrogens with one attached hydrogen (secondary N) is 1. The first-order valence-corrected chi connectivity index (χ1v) is 11.1. The number of fused-ring (bicyclic) bond motifs is 1. The second kappa shape index (κ2) is 8.74. The number of benzene rings is 2. The Bertz CT molecular complexity index is 1080. The van der Waals surface area contributed by atoms with Crippen LogP contribution in [-0.4, -0.2) is 74.1 Å². The van der Waals surface area contributed by atoms with Crippen molar-refractivity contribution in [3.63, 3.8) is 0 Å². The third kappa shape index (κ3) is 4.36. The van der Waals surface area contributed by atoms with Gasteiger partial charge in [-0.2, -0.15) is 0 Å². The largest absolute Gasteiger partial charge is 0.454 e. The number of hydrogen-bond donors (Lipinski definition) is 1. The van der Waals surface area contributed by atoms with Crippen molar-refractivity contribution < 1.29 is 23.9 Å². The maximum atomic E-state index is 12.8. The Kier molecular flexibility index (Phi) is 5.63. The zero-order chi connectivity index (χ0) is 22.9. The smallest absolute Gasteiger partial charge is 0.253 e. The molecule has 2 saturated heterocycles. The Morgan fingerprint density at radius 3 is 2.45 bits per heavy atom. The van der Waals surface area contributed by atoms with Crippen molar-refractivity contribution in [2.75, 3.05) is 56.8 Å². The van der Waals surface area contributed by atoms with Crippen LogP contribution in [0.1, 0.15) is 16.8 Å². The number of likely N-dealkylation sites (N-methyl/N-ethyl adjacent to an activating group) is 1. The molecule has 3 amide bonds. The summed E-state index contributed by atoms with van der Waals surface area (Å²) in [5.41, 5.74) is 1.89. The van der Waals surface area contributed by atoms with Gasteiger partial charge in [-0.05, 0) is 43.4 Å². The molecule has 2 fully saturated rings. The monoisotopic (exact) mass is 450 g/mol. The van der Waals surface area contributed by atoms with E-state index in [2.05, 4.69) is 10.2 Å². The minimum Gasteiger partial charge on any atom is -0.454 e. The topological polar surface area (TPSA) is 91.4 Å². The van der Waals surface area contributed by atoms with E-state index in [0.717, 1.165) is 13.1 Å². The summed E-state index contributed by atoms with van der Waals surface area (Å²) < 4.78 is 10.7. The molecular weight excluding hydrogens is 424 g/mol. The molecule has 0 spiro atoms. The lowest BCUT2D eigenvalue weighted by molar-refractivity contribution is -0.122. The molecule has 2 aromatic rings. The Balaban J connectivity index is 1.19. The first kappa shape index (κ1) is 21.3. The molecule has 3 heterocycles. The number of ether oxygens (including phenoxy) is 2. The molecule has 1 atom stereocenters. The van der Waals surface area contributed by atoms with E-state index < -0.39 is 5.92 Å². The van der Waals surface area contributed by atoms with Crippen LogP contribution >= 0.6 is 0 Å². The van der Waals surface area contributed by atoms with Gasteiger partial charge >= 0.3 is 0 Å². The molecule has 0 aromatic heterocycles. The summed E-state index contributed by atoms with van der Waals surface area (Å²) in [6.45, 7) is 3.61. The van der Waals surface area contributed by atoms with E-state index >= 15 is 0 Å². The van der Waals surface area contributed by atoms with Gasteiger partial charge in [0.15, 0.2) is 11.5 Å². The first-order valence-electron chi connectivity index (χ1n) is 11.1. The zero-order valence-corrected chi connectivity index (χ0v) is 18.5. The highest BCUT2D eigenvalue weighted by Crippen LogP contribution is 2.37. The van der Waals surface area contributed by atoms with E-state index in [9.17, 15) is 14.4 Å². The molecule has 0 saturated carbocycles. The number of anilines is 2. The molecular formula is C24H26N4O5. The van der Waals surface area contributed by atoms with E-state index in [1.165, 1.54) is 0 Å². The second-order valence-electron chi connectivity index (χ2n) is 8.61. The van der Waals surface area contributed by atoms with Crippen LogP contribution in [0.4, 0.5) is 11.4 Å². The van der Waals surface area contributed by atoms with Crippen LogP contribution in [0.3, 0.4) is 0 Å². The van der Waals surface area contributed by atoms with Gasteiger partial charge in [-0.1, -0.05) is 0 Å². The number of carbonyl (C=O) groups is 3. The molecule has 9 heteroatoms. The number of amides is 3. The van der Waals surface area contributed by atoms with Crippen molar-refractivity contribution in [3.05, 3.63) is 48.0 Å². The zero-order valence-electron chi connectivity index (χ0n) is 18.5. The highest BCUT2D eigenvalue weighted by Gasteiger charge is 2.35. The molecule has 0 radical (unpaired) electrons. The van der Waals surface area contributed by atoms with Gasteiger partial charge in [0.2, 0.25) is 18.6 Å². The second-order valence-corrected chi connectivity index (χ2v) is 8.61. The van der Waals surface area contributed by atoms with E-state index in [1.807, 2.05) is 11.9 Å². The predicted molar refractivity (Wildman–Crippen MR) is 121 cm³/mol. The highest BCUT2D eigenvalue weighted by molar-refractivity contribution is 6.04. The van der Waals surface area contributed by atoms with Gasteiger partial charge in [0.05, 0.1) is 5.92 Å². The summed E-state index contributed by atoms with van der Waals surface area (Å²) in [5.74, 6) is 0.455. The van der Waals surface area contributed by atoms with Crippen molar-refractivity contribution in [2.24, 2.45) is 5.92 Å². The van der Waals surface area contributed by atoms with E-state index in [4.69, 9.17) is 9.47 Å². The normalized spacial score (nSPS) is 20.3. The van der Waals surface area contributed by atoms with Crippen LogP contribution in [0, 0.1) is 5.92 Å². The molecule has 9 nitrogen and oxygen atoms in total. The average Bonchev–Trinajstić information content (AvgIpc) is 3.45. The average molecular weight is 450 g/mol. The summed E-state index contributed by atoms with van der Waals surface area (Å²) >= 11 is 0. The molecule has 1 N–H and O–H groups in total. The van der Waals surface area contributed by atoms with E-state index in [-0.39, 0.29) is 30.9 Å². The molecule has 5 rings (SSSR count). The lowest BCUT2D eigenvalue weighted by atomic mass is 10.1. The Morgan fingerprint density at radius 2 is 1.70 bits per heavy atom. The van der Waals surface area contributed by atoms with Crippen LogP contribution in [0.25, 0.3) is 0 Å². The minimum absolute atomic E-state index is 0.00161. The highest BCUT2D eigenvalue weighted by atomic mass is 16.7. The van der Waals surface area contributed by atoms with Gasteiger partial charge in [-0.25, -0.2) is 0 Å². The fourth-order valence-electron chi connectivity index (χ4n) is 4.32. The van der Waals surface area contributed by atoms with Gasteiger partial charge < -0.3 is 29.5 Å². The first-order chi connectivity index (χ1) is 16.0. The number of piperazine rings is 1. The molecule has 2 aromatic carbocycles. The summed E-state index contributed by atoms with van der Waals surface area (Å²) in [7, 11) is 2.05. The molecule has 1 unspecified atom stereocenters. The van der Waals surface area contributed by atoms with Gasteiger partial charge in [0.25, 0.3) is 5.91 Å². The summed E-state index contributed by atoms with van der Waals surface area (Å²) in [6, 6.07) is 12.2. The molecule has 0 bridgehead atoms. The fraction of sp³-hybridized carbons (Fsp3) is 0.375. The van der Waals surface area contributed by atoms with Crippen LogP contribution in [-0.2, 0) is 9.59 Å². The molecule has 0 aliphatic carbocycles. The van der Waals surface area contributed by atoms with Gasteiger partial charge in [-0.3, -0.25) is 14.4 Å². The summed E-state index contributed by atoms with van der Waals surface area (Å²) in [4.78, 5) is 43.7. The SMILES string of the molecule is CN1CCN(C(=O)c2ccc(NC(=O)C3CC(=O)N(c4ccc5c(c4)OCO5)C3)cc2)CC1. The lowest BCUT2D eigenvalue weighted by Gasteiger charge is -2.32. The lowest BCUT2D eigenvalue weighted by Crippen LogP contribution is -2.47.